The van der Waals surface area contributed by atoms with E-state index in [1.807, 2.05) is 91.2 Å². The van der Waals surface area contributed by atoms with Crippen molar-refractivity contribution < 1.29 is 9.59 Å². The summed E-state index contributed by atoms with van der Waals surface area (Å²) in [6.07, 6.45) is 3.94. The Bertz CT molecular complexity index is 1040. The third kappa shape index (κ3) is 5.54. The van der Waals surface area contributed by atoms with E-state index in [-0.39, 0.29) is 24.4 Å². The van der Waals surface area contributed by atoms with Crippen molar-refractivity contribution in [1.29, 1.82) is 0 Å². The van der Waals surface area contributed by atoms with Crippen LogP contribution >= 0.6 is 0 Å². The first kappa shape index (κ1) is 22.6. The highest BCUT2D eigenvalue weighted by Crippen LogP contribution is 2.18. The molecule has 0 N–H and O–H groups in total. The number of carbonyl (C=O) groups excluding carboxylic acids is 2. The largest absolute Gasteiger partial charge is 0.353 e. The van der Waals surface area contributed by atoms with Crippen LogP contribution in [0.3, 0.4) is 0 Å². The van der Waals surface area contributed by atoms with Gasteiger partial charge in [-0.2, -0.15) is 0 Å². The Hall–Kier alpha value is -3.08. The number of rotatable bonds is 9. The van der Waals surface area contributed by atoms with E-state index in [4.69, 9.17) is 0 Å². The van der Waals surface area contributed by atoms with Crippen LogP contribution in [-0.2, 0) is 18.4 Å². The lowest BCUT2D eigenvalue weighted by molar-refractivity contribution is -0.133. The number of hydrogen-bond acceptors (Lipinski definition) is 2. The van der Waals surface area contributed by atoms with Crippen LogP contribution in [0.25, 0.3) is 10.8 Å². The topological polar surface area (TPSA) is 45.6 Å². The Kier molecular flexibility index (Phi) is 7.50. The summed E-state index contributed by atoms with van der Waals surface area (Å²) < 4.78 is 2.03. The van der Waals surface area contributed by atoms with E-state index < -0.39 is 0 Å². The zero-order chi connectivity index (χ0) is 22.4. The second-order valence-electron chi connectivity index (χ2n) is 8.37. The summed E-state index contributed by atoms with van der Waals surface area (Å²) in [6, 6.07) is 17.7. The molecule has 0 aliphatic rings. The minimum absolute atomic E-state index is 0.0162. The van der Waals surface area contributed by atoms with Gasteiger partial charge >= 0.3 is 0 Å². The fourth-order valence-corrected chi connectivity index (χ4v) is 3.72. The smallest absolute Gasteiger partial charge is 0.254 e. The van der Waals surface area contributed by atoms with Crippen molar-refractivity contribution in [3.05, 3.63) is 72.1 Å². The molecule has 3 rings (SSSR count). The third-order valence-corrected chi connectivity index (χ3v) is 5.72. The lowest BCUT2D eigenvalue weighted by Gasteiger charge is -2.30. The number of nitrogens with zero attached hydrogens (tertiary/aromatic N) is 3. The lowest BCUT2D eigenvalue weighted by Crippen LogP contribution is -2.46. The fourth-order valence-electron chi connectivity index (χ4n) is 3.72. The van der Waals surface area contributed by atoms with Gasteiger partial charge in [0.2, 0.25) is 5.91 Å². The Morgan fingerprint density at radius 3 is 2.39 bits per heavy atom. The molecular weight excluding hydrogens is 386 g/mol. The van der Waals surface area contributed by atoms with Gasteiger partial charge in [-0.3, -0.25) is 9.59 Å². The first-order valence-corrected chi connectivity index (χ1v) is 11.1. The van der Waals surface area contributed by atoms with Crippen molar-refractivity contribution in [1.82, 2.24) is 14.4 Å². The standard InChI is InChI=1S/C26H33N3O2/c1-5-6-16-28(18-24-12-9-15-27(24)4)25(30)19-29(20(2)3)26(31)23-14-13-21-10-7-8-11-22(21)17-23/h7-15,17,20H,5-6,16,18-19H2,1-4H3. The summed E-state index contributed by atoms with van der Waals surface area (Å²) in [5.41, 5.74) is 1.70. The summed E-state index contributed by atoms with van der Waals surface area (Å²) in [6.45, 7) is 7.36. The average Bonchev–Trinajstić information content (AvgIpc) is 3.18. The van der Waals surface area contributed by atoms with Gasteiger partial charge in [-0.05, 0) is 55.3 Å². The molecule has 164 valence electrons. The van der Waals surface area contributed by atoms with Gasteiger partial charge in [0.05, 0.1) is 6.54 Å². The number of aryl methyl sites for hydroxylation is 1. The summed E-state index contributed by atoms with van der Waals surface area (Å²) in [7, 11) is 1.99. The van der Waals surface area contributed by atoms with Gasteiger partial charge in [-0.15, -0.1) is 0 Å². The van der Waals surface area contributed by atoms with Gasteiger partial charge in [0.25, 0.3) is 5.91 Å². The minimum Gasteiger partial charge on any atom is -0.353 e. The molecule has 0 aliphatic heterocycles. The van der Waals surface area contributed by atoms with E-state index in [9.17, 15) is 9.59 Å². The molecule has 0 atom stereocenters. The molecule has 0 spiro atoms. The number of aromatic nitrogens is 1. The molecule has 0 radical (unpaired) electrons. The number of fused-ring (bicyclic) bond motifs is 1. The maximum absolute atomic E-state index is 13.3. The highest BCUT2D eigenvalue weighted by atomic mass is 16.2. The van der Waals surface area contributed by atoms with Crippen molar-refractivity contribution in [2.75, 3.05) is 13.1 Å². The van der Waals surface area contributed by atoms with E-state index in [0.29, 0.717) is 18.7 Å². The minimum atomic E-state index is -0.108. The van der Waals surface area contributed by atoms with Crippen LogP contribution in [0, 0.1) is 0 Å². The summed E-state index contributed by atoms with van der Waals surface area (Å²) in [5.74, 6) is -0.124. The molecule has 0 aliphatic carbocycles. The maximum atomic E-state index is 13.3. The zero-order valence-corrected chi connectivity index (χ0v) is 19.0. The maximum Gasteiger partial charge on any atom is 0.254 e. The second kappa shape index (κ2) is 10.3. The highest BCUT2D eigenvalue weighted by Gasteiger charge is 2.25. The van der Waals surface area contributed by atoms with Gasteiger partial charge in [0.15, 0.2) is 0 Å². The molecule has 0 unspecified atom stereocenters. The van der Waals surface area contributed by atoms with Crippen LogP contribution in [0.4, 0.5) is 0 Å². The third-order valence-electron chi connectivity index (χ3n) is 5.72. The fraction of sp³-hybridized carbons (Fsp3) is 0.385. The van der Waals surface area contributed by atoms with Crippen molar-refractivity contribution in [2.24, 2.45) is 7.05 Å². The van der Waals surface area contributed by atoms with Crippen LogP contribution in [-0.4, -0.2) is 45.3 Å². The molecule has 0 saturated carbocycles. The molecular formula is C26H33N3O2. The molecule has 1 aromatic heterocycles. The SMILES string of the molecule is CCCCN(Cc1cccn1C)C(=O)CN(C(=O)c1ccc2ccccc2c1)C(C)C. The molecule has 1 heterocycles. The van der Waals surface area contributed by atoms with Crippen LogP contribution in [0.1, 0.15) is 49.7 Å². The van der Waals surface area contributed by atoms with E-state index in [1.165, 1.54) is 0 Å². The molecule has 2 amide bonds. The zero-order valence-electron chi connectivity index (χ0n) is 19.0. The predicted molar refractivity (Wildman–Crippen MR) is 126 cm³/mol. The first-order chi connectivity index (χ1) is 14.9. The van der Waals surface area contributed by atoms with Crippen molar-refractivity contribution in [3.8, 4) is 0 Å². The molecule has 0 saturated heterocycles. The van der Waals surface area contributed by atoms with Crippen molar-refractivity contribution in [2.45, 2.75) is 46.2 Å². The van der Waals surface area contributed by atoms with E-state index in [1.54, 1.807) is 4.90 Å². The Morgan fingerprint density at radius 2 is 1.74 bits per heavy atom. The first-order valence-electron chi connectivity index (χ1n) is 11.1. The van der Waals surface area contributed by atoms with Crippen LogP contribution in [0.15, 0.2) is 60.8 Å². The molecule has 31 heavy (non-hydrogen) atoms. The van der Waals surface area contributed by atoms with Gasteiger partial charge < -0.3 is 14.4 Å². The molecule has 5 heteroatoms. The highest BCUT2D eigenvalue weighted by molar-refractivity contribution is 6.00. The Labute approximate surface area is 185 Å². The molecule has 0 fully saturated rings. The van der Waals surface area contributed by atoms with E-state index in [0.717, 1.165) is 29.3 Å². The van der Waals surface area contributed by atoms with Crippen LogP contribution in [0.2, 0.25) is 0 Å². The number of benzene rings is 2. The van der Waals surface area contributed by atoms with Gasteiger partial charge in [0, 0.05) is 37.1 Å². The number of amides is 2. The Balaban J connectivity index is 1.79. The van der Waals surface area contributed by atoms with E-state index >= 15 is 0 Å². The molecule has 2 aromatic carbocycles. The average molecular weight is 420 g/mol. The van der Waals surface area contributed by atoms with E-state index in [2.05, 4.69) is 6.92 Å². The number of carbonyl (C=O) groups is 2. The summed E-state index contributed by atoms with van der Waals surface area (Å²) in [4.78, 5) is 30.2. The van der Waals surface area contributed by atoms with Crippen LogP contribution < -0.4 is 0 Å². The van der Waals surface area contributed by atoms with Crippen LogP contribution in [0.5, 0.6) is 0 Å². The van der Waals surface area contributed by atoms with Crippen molar-refractivity contribution >= 4 is 22.6 Å². The second-order valence-corrected chi connectivity index (χ2v) is 8.37. The van der Waals surface area contributed by atoms with Crippen molar-refractivity contribution in [3.63, 3.8) is 0 Å². The van der Waals surface area contributed by atoms with Gasteiger partial charge in [0.1, 0.15) is 6.54 Å². The van der Waals surface area contributed by atoms with Gasteiger partial charge in [-0.1, -0.05) is 43.7 Å². The summed E-state index contributed by atoms with van der Waals surface area (Å²) >= 11 is 0. The van der Waals surface area contributed by atoms with Gasteiger partial charge in [-0.25, -0.2) is 0 Å². The summed E-state index contributed by atoms with van der Waals surface area (Å²) in [5, 5.41) is 2.12. The normalized spacial score (nSPS) is 11.1. The number of unbranched alkanes of at least 4 members (excludes halogenated alkanes) is 1. The Morgan fingerprint density at radius 1 is 1.00 bits per heavy atom. The monoisotopic (exact) mass is 419 g/mol. The molecule has 0 bridgehead atoms. The predicted octanol–water partition coefficient (Wildman–Crippen LogP) is 4.86. The quantitative estimate of drug-likeness (QED) is 0.497. The molecule has 3 aromatic rings. The lowest BCUT2D eigenvalue weighted by atomic mass is 10.1. The molecule has 5 nitrogen and oxygen atoms in total. The number of hydrogen-bond donors (Lipinski definition) is 0.